The molecule has 1 aromatic rings. The molecule has 0 bridgehead atoms. The van der Waals surface area contributed by atoms with Crippen molar-refractivity contribution in [3.63, 3.8) is 0 Å². The highest BCUT2D eigenvalue weighted by Gasteiger charge is 2.14. The van der Waals surface area contributed by atoms with E-state index in [4.69, 9.17) is 4.74 Å². The monoisotopic (exact) mass is 263 g/mol. The number of ether oxygens (including phenoxy) is 1. The van der Waals surface area contributed by atoms with Gasteiger partial charge < -0.3 is 10.1 Å². The second kappa shape index (κ2) is 8.34. The number of methoxy groups -OCH3 is 1. The van der Waals surface area contributed by atoms with Gasteiger partial charge >= 0.3 is 0 Å². The van der Waals surface area contributed by atoms with E-state index >= 15 is 0 Å². The van der Waals surface area contributed by atoms with Gasteiger partial charge in [0, 0.05) is 13.2 Å². The van der Waals surface area contributed by atoms with Crippen LogP contribution < -0.4 is 5.32 Å². The summed E-state index contributed by atoms with van der Waals surface area (Å²) in [6.45, 7) is 9.78. The molecule has 0 aliphatic heterocycles. The van der Waals surface area contributed by atoms with E-state index in [1.165, 1.54) is 23.1 Å². The number of nitrogens with one attached hydrogen (secondary N) is 1. The van der Waals surface area contributed by atoms with Crippen LogP contribution in [0.25, 0.3) is 0 Å². The minimum absolute atomic E-state index is 0.330. The molecular formula is C17H29NO. The highest BCUT2D eigenvalue weighted by atomic mass is 16.5. The fraction of sp³-hybridized carbons (Fsp3) is 0.647. The molecule has 0 amide bonds. The molecular weight excluding hydrogens is 234 g/mol. The lowest BCUT2D eigenvalue weighted by Gasteiger charge is -2.22. The molecule has 0 aliphatic rings. The lowest BCUT2D eigenvalue weighted by Crippen LogP contribution is -2.24. The summed E-state index contributed by atoms with van der Waals surface area (Å²) in [4.78, 5) is 0. The van der Waals surface area contributed by atoms with Crippen LogP contribution in [0.15, 0.2) is 18.2 Å². The third-order valence-corrected chi connectivity index (χ3v) is 3.71. The molecule has 0 aliphatic carbocycles. The highest BCUT2D eigenvalue weighted by molar-refractivity contribution is 5.32. The van der Waals surface area contributed by atoms with Crippen molar-refractivity contribution in [1.82, 2.24) is 5.32 Å². The van der Waals surface area contributed by atoms with Crippen LogP contribution in [0.1, 0.15) is 55.8 Å². The predicted octanol–water partition coefficient (Wildman–Crippen LogP) is 4.16. The van der Waals surface area contributed by atoms with Gasteiger partial charge in [-0.25, -0.2) is 0 Å². The molecule has 2 atom stereocenters. The van der Waals surface area contributed by atoms with Crippen molar-refractivity contribution in [2.75, 3.05) is 13.7 Å². The van der Waals surface area contributed by atoms with E-state index in [1.807, 2.05) is 0 Å². The van der Waals surface area contributed by atoms with Crippen molar-refractivity contribution < 1.29 is 4.74 Å². The highest BCUT2D eigenvalue weighted by Crippen LogP contribution is 2.24. The second-order valence-electron chi connectivity index (χ2n) is 5.49. The molecule has 0 radical (unpaired) electrons. The molecule has 0 fully saturated rings. The fourth-order valence-corrected chi connectivity index (χ4v) is 2.42. The average Bonchev–Trinajstić information content (AvgIpc) is 2.39. The zero-order chi connectivity index (χ0) is 14.3. The lowest BCUT2D eigenvalue weighted by atomic mass is 9.95. The van der Waals surface area contributed by atoms with Crippen LogP contribution in [0.5, 0.6) is 0 Å². The van der Waals surface area contributed by atoms with E-state index in [0.29, 0.717) is 12.1 Å². The van der Waals surface area contributed by atoms with E-state index < -0.39 is 0 Å². The lowest BCUT2D eigenvalue weighted by molar-refractivity contribution is 0.106. The Bertz CT molecular complexity index is 376. The largest absolute Gasteiger partial charge is 0.382 e. The smallest absolute Gasteiger partial charge is 0.0543 e. The summed E-state index contributed by atoms with van der Waals surface area (Å²) in [6, 6.07) is 7.20. The van der Waals surface area contributed by atoms with Crippen molar-refractivity contribution >= 4 is 0 Å². The Morgan fingerprint density at radius 1 is 1.21 bits per heavy atom. The molecule has 1 rings (SSSR count). The first kappa shape index (κ1) is 16.2. The Balaban J connectivity index is 2.76. The minimum Gasteiger partial charge on any atom is -0.382 e. The first-order chi connectivity index (χ1) is 9.08. The molecule has 2 nitrogen and oxygen atoms in total. The van der Waals surface area contributed by atoms with Crippen LogP contribution in [0.4, 0.5) is 0 Å². The Morgan fingerprint density at radius 3 is 2.53 bits per heavy atom. The van der Waals surface area contributed by atoms with Crippen molar-refractivity contribution in [2.45, 2.75) is 59.1 Å². The SMILES string of the molecule is CCCNC(CCC(C)OC)c1ccc(C)cc1C. The standard InChI is InChI=1S/C17H29NO/c1-6-11-18-17(10-8-15(4)19-5)16-9-7-13(2)12-14(16)3/h7,9,12,15,17-18H,6,8,10-11H2,1-5H3. The number of hydrogen-bond donors (Lipinski definition) is 1. The van der Waals surface area contributed by atoms with Gasteiger partial charge in [-0.15, -0.1) is 0 Å². The maximum atomic E-state index is 5.36. The summed E-state index contributed by atoms with van der Waals surface area (Å²) in [5, 5.41) is 3.67. The fourth-order valence-electron chi connectivity index (χ4n) is 2.42. The first-order valence-electron chi connectivity index (χ1n) is 7.41. The summed E-state index contributed by atoms with van der Waals surface area (Å²) >= 11 is 0. The molecule has 0 spiro atoms. The molecule has 1 aromatic carbocycles. The van der Waals surface area contributed by atoms with E-state index in [1.54, 1.807) is 7.11 Å². The van der Waals surface area contributed by atoms with Gasteiger partial charge in [-0.1, -0.05) is 30.7 Å². The van der Waals surface area contributed by atoms with Crippen molar-refractivity contribution in [3.8, 4) is 0 Å². The van der Waals surface area contributed by atoms with Crippen LogP contribution in [0.3, 0.4) is 0 Å². The van der Waals surface area contributed by atoms with Gasteiger partial charge in [0.2, 0.25) is 0 Å². The normalized spacial score (nSPS) is 14.4. The van der Waals surface area contributed by atoms with Gasteiger partial charge in [0.05, 0.1) is 6.10 Å². The molecule has 2 unspecified atom stereocenters. The van der Waals surface area contributed by atoms with Crippen molar-refractivity contribution in [3.05, 3.63) is 34.9 Å². The van der Waals surface area contributed by atoms with Gasteiger partial charge in [0.15, 0.2) is 0 Å². The predicted molar refractivity (Wildman–Crippen MR) is 82.7 cm³/mol. The van der Waals surface area contributed by atoms with Crippen LogP contribution >= 0.6 is 0 Å². The van der Waals surface area contributed by atoms with E-state index in [9.17, 15) is 0 Å². The van der Waals surface area contributed by atoms with Crippen LogP contribution in [0.2, 0.25) is 0 Å². The Morgan fingerprint density at radius 2 is 1.95 bits per heavy atom. The molecule has 0 saturated heterocycles. The number of rotatable bonds is 8. The van der Waals surface area contributed by atoms with Crippen molar-refractivity contribution in [1.29, 1.82) is 0 Å². The molecule has 19 heavy (non-hydrogen) atoms. The van der Waals surface area contributed by atoms with Gasteiger partial charge in [-0.3, -0.25) is 0 Å². The maximum Gasteiger partial charge on any atom is 0.0543 e. The van der Waals surface area contributed by atoms with Gasteiger partial charge in [-0.05, 0) is 57.7 Å². The summed E-state index contributed by atoms with van der Waals surface area (Å²) in [5.41, 5.74) is 4.15. The van der Waals surface area contributed by atoms with Crippen LogP contribution in [-0.4, -0.2) is 19.8 Å². The van der Waals surface area contributed by atoms with Gasteiger partial charge in [0.25, 0.3) is 0 Å². The summed E-state index contributed by atoms with van der Waals surface area (Å²) in [6.07, 6.45) is 3.71. The zero-order valence-electron chi connectivity index (χ0n) is 13.1. The van der Waals surface area contributed by atoms with Crippen LogP contribution in [-0.2, 0) is 4.74 Å². The summed E-state index contributed by atoms with van der Waals surface area (Å²) in [5.74, 6) is 0. The Labute approximate surface area is 118 Å². The third-order valence-electron chi connectivity index (χ3n) is 3.71. The average molecular weight is 263 g/mol. The maximum absolute atomic E-state index is 5.36. The van der Waals surface area contributed by atoms with Gasteiger partial charge in [0.1, 0.15) is 0 Å². The van der Waals surface area contributed by atoms with Crippen LogP contribution in [0, 0.1) is 13.8 Å². The molecule has 0 heterocycles. The first-order valence-corrected chi connectivity index (χ1v) is 7.41. The molecule has 0 saturated carbocycles. The van der Waals surface area contributed by atoms with Gasteiger partial charge in [-0.2, -0.15) is 0 Å². The Hall–Kier alpha value is -0.860. The van der Waals surface area contributed by atoms with E-state index in [2.05, 4.69) is 51.2 Å². The molecule has 2 heteroatoms. The minimum atomic E-state index is 0.330. The second-order valence-corrected chi connectivity index (χ2v) is 5.49. The molecule has 1 N–H and O–H groups in total. The van der Waals surface area contributed by atoms with Crippen molar-refractivity contribution in [2.24, 2.45) is 0 Å². The molecule has 0 aromatic heterocycles. The summed E-state index contributed by atoms with van der Waals surface area (Å²) in [7, 11) is 1.79. The summed E-state index contributed by atoms with van der Waals surface area (Å²) < 4.78 is 5.36. The molecule has 108 valence electrons. The number of hydrogen-bond acceptors (Lipinski definition) is 2. The third kappa shape index (κ3) is 5.33. The topological polar surface area (TPSA) is 21.3 Å². The van der Waals surface area contributed by atoms with E-state index in [0.717, 1.165) is 19.4 Å². The number of aryl methyl sites for hydroxylation is 2. The Kier molecular flexibility index (Phi) is 7.11. The quantitative estimate of drug-likeness (QED) is 0.760. The number of benzene rings is 1. The van der Waals surface area contributed by atoms with E-state index in [-0.39, 0.29) is 0 Å². The zero-order valence-corrected chi connectivity index (χ0v) is 13.1.